The number of rotatable bonds is 1. The van der Waals surface area contributed by atoms with Gasteiger partial charge in [0.2, 0.25) is 0 Å². The van der Waals surface area contributed by atoms with Crippen molar-refractivity contribution in [1.82, 2.24) is 4.98 Å². The van der Waals surface area contributed by atoms with E-state index in [0.29, 0.717) is 5.16 Å². The molecule has 0 saturated carbocycles. The van der Waals surface area contributed by atoms with E-state index >= 15 is 0 Å². The van der Waals surface area contributed by atoms with Gasteiger partial charge in [-0.25, -0.2) is 0 Å². The number of aliphatic imine (C=N–C) groups is 1. The van der Waals surface area contributed by atoms with Gasteiger partial charge in [0.1, 0.15) is 5.16 Å². The van der Waals surface area contributed by atoms with Crippen molar-refractivity contribution in [2.75, 3.05) is 0 Å². The fourth-order valence-corrected chi connectivity index (χ4v) is 0.859. The molecular weight excluding hydrogens is 148 g/mol. The highest BCUT2D eigenvalue weighted by atomic mass is 35.5. The van der Waals surface area contributed by atoms with Crippen molar-refractivity contribution < 1.29 is 0 Å². The number of hydrogen-bond donors (Lipinski definition) is 1. The van der Waals surface area contributed by atoms with Crippen LogP contribution in [0.15, 0.2) is 17.3 Å². The van der Waals surface area contributed by atoms with Gasteiger partial charge < -0.3 is 4.98 Å². The first-order valence-corrected chi connectivity index (χ1v) is 3.12. The highest BCUT2D eigenvalue weighted by molar-refractivity contribution is 6.45. The smallest absolute Gasteiger partial charge is 0.137 e. The highest BCUT2D eigenvalue weighted by Gasteiger charge is 1.88. The summed E-state index contributed by atoms with van der Waals surface area (Å²) in [7, 11) is 0. The molecule has 0 aliphatic rings. The third kappa shape index (κ3) is 1.11. The maximum absolute atomic E-state index is 5.66. The molecule has 0 aliphatic carbocycles. The largest absolute Gasteiger partial charge is 0.362 e. The van der Waals surface area contributed by atoms with Crippen molar-refractivity contribution in [3.63, 3.8) is 0 Å². The van der Waals surface area contributed by atoms with Gasteiger partial charge in [-0.2, -0.15) is 0 Å². The fraction of sp³-hybridized carbons (Fsp3) is 0. The van der Waals surface area contributed by atoms with Gasteiger partial charge in [-0.05, 0) is 12.8 Å². The van der Waals surface area contributed by atoms with Gasteiger partial charge in [-0.15, -0.1) is 0 Å². The maximum Gasteiger partial charge on any atom is 0.137 e. The lowest BCUT2D eigenvalue weighted by atomic mass is 10.5. The number of nitrogens with zero attached hydrogens (tertiary/aromatic N) is 1. The Balaban J connectivity index is 3.55. The van der Waals surface area contributed by atoms with E-state index in [9.17, 15) is 0 Å². The molecule has 0 radical (unpaired) electrons. The Morgan fingerprint density at radius 3 is 2.80 bits per heavy atom. The van der Waals surface area contributed by atoms with Crippen LogP contribution in [0, 0.1) is 0 Å². The topological polar surface area (TPSA) is 28.1 Å². The van der Waals surface area contributed by atoms with Gasteiger partial charge in [0.05, 0.1) is 0 Å². The monoisotopic (exact) mass is 154 g/mol. The van der Waals surface area contributed by atoms with Crippen molar-refractivity contribution in [2.24, 2.45) is 4.99 Å². The fourth-order valence-electron chi connectivity index (χ4n) is 0.682. The molecule has 0 spiro atoms. The van der Waals surface area contributed by atoms with Gasteiger partial charge in [-0.3, -0.25) is 4.99 Å². The van der Waals surface area contributed by atoms with E-state index in [-0.39, 0.29) is 0 Å². The van der Waals surface area contributed by atoms with Crippen molar-refractivity contribution in [2.45, 2.75) is 0 Å². The molecule has 0 aliphatic heterocycles. The van der Waals surface area contributed by atoms with Crippen LogP contribution in [-0.4, -0.2) is 11.7 Å². The number of hydrogen-bond acceptors (Lipinski definition) is 1. The predicted molar refractivity (Wildman–Crippen MR) is 44.4 cm³/mol. The summed E-state index contributed by atoms with van der Waals surface area (Å²) in [5.74, 6) is 0. The lowest BCUT2D eigenvalue weighted by Gasteiger charge is -1.80. The summed E-state index contributed by atoms with van der Waals surface area (Å²) < 4.78 is 0. The first-order valence-electron chi connectivity index (χ1n) is 2.74. The van der Waals surface area contributed by atoms with Crippen LogP contribution < -0.4 is 10.6 Å². The molecule has 0 amide bonds. The van der Waals surface area contributed by atoms with Gasteiger partial charge >= 0.3 is 0 Å². The summed E-state index contributed by atoms with van der Waals surface area (Å²) in [6.07, 6.45) is 1.76. The van der Waals surface area contributed by atoms with E-state index in [1.807, 2.05) is 0 Å². The summed E-state index contributed by atoms with van der Waals surface area (Å²) in [6.45, 7) is 7.00. The van der Waals surface area contributed by atoms with Crippen molar-refractivity contribution in [1.29, 1.82) is 0 Å². The summed E-state index contributed by atoms with van der Waals surface area (Å²) in [5.41, 5.74) is 0. The molecule has 1 N–H and O–H groups in total. The number of aromatic amines is 1. The molecule has 0 bridgehead atoms. The van der Waals surface area contributed by atoms with E-state index in [0.717, 1.165) is 10.6 Å². The van der Waals surface area contributed by atoms with Crippen LogP contribution in [-0.2, 0) is 0 Å². The minimum Gasteiger partial charge on any atom is -0.362 e. The molecule has 1 aromatic heterocycles. The van der Waals surface area contributed by atoms with E-state index in [1.54, 1.807) is 12.3 Å². The average molecular weight is 155 g/mol. The summed E-state index contributed by atoms with van der Waals surface area (Å²) in [5, 5.41) is 1.94. The highest BCUT2D eigenvalue weighted by Crippen LogP contribution is 1.96. The third-order valence-corrected chi connectivity index (χ3v) is 1.52. The summed E-state index contributed by atoms with van der Waals surface area (Å²) in [6, 6.07) is 1.80. The Labute approximate surface area is 63.6 Å². The molecule has 2 nitrogen and oxygen atoms in total. The normalized spacial score (nSPS) is 12.9. The van der Waals surface area contributed by atoms with Crippen LogP contribution in [0.5, 0.6) is 0 Å². The standard InChI is InChI=1S/C7H7ClN2/c1-5-6(3-4-10-5)7(8)9-2/h3-4,10H,1-2H2/b7-6-. The van der Waals surface area contributed by atoms with Crippen LogP contribution >= 0.6 is 11.6 Å². The minimum absolute atomic E-state index is 0.381. The Kier molecular flexibility index (Phi) is 1.92. The molecular formula is C7H7ClN2. The molecule has 1 rings (SSSR count). The van der Waals surface area contributed by atoms with Crippen molar-refractivity contribution >= 4 is 30.1 Å². The second-order valence-corrected chi connectivity index (χ2v) is 2.18. The Hall–Kier alpha value is -1.02. The average Bonchev–Trinajstić information content (AvgIpc) is 2.34. The second-order valence-electron chi connectivity index (χ2n) is 1.82. The molecule has 3 heteroatoms. The zero-order chi connectivity index (χ0) is 7.56. The molecule has 1 heterocycles. The Morgan fingerprint density at radius 2 is 2.40 bits per heavy atom. The molecule has 1 aromatic rings. The molecule has 0 atom stereocenters. The van der Waals surface area contributed by atoms with Crippen LogP contribution in [0.2, 0.25) is 0 Å². The van der Waals surface area contributed by atoms with Crippen molar-refractivity contribution in [3.05, 3.63) is 22.8 Å². The van der Waals surface area contributed by atoms with Gasteiger partial charge in [0.15, 0.2) is 0 Å². The SMILES string of the molecule is C=N/C(Cl)=c1/cc[nH]c1=C. The number of aromatic nitrogens is 1. The molecule has 0 aromatic carbocycles. The van der Waals surface area contributed by atoms with E-state index in [2.05, 4.69) is 23.3 Å². The van der Waals surface area contributed by atoms with Crippen molar-refractivity contribution in [3.8, 4) is 0 Å². The van der Waals surface area contributed by atoms with Gasteiger partial charge in [0, 0.05) is 16.8 Å². The van der Waals surface area contributed by atoms with Crippen LogP contribution in [0.1, 0.15) is 0 Å². The molecule has 52 valence electrons. The first-order chi connectivity index (χ1) is 4.75. The van der Waals surface area contributed by atoms with Gasteiger partial charge in [-0.1, -0.05) is 18.2 Å². The third-order valence-electron chi connectivity index (χ3n) is 1.19. The lowest BCUT2D eigenvalue weighted by molar-refractivity contribution is 1.32. The molecule has 0 fully saturated rings. The van der Waals surface area contributed by atoms with E-state index in [4.69, 9.17) is 11.6 Å². The predicted octanol–water partition coefficient (Wildman–Crippen LogP) is 0.430. The van der Waals surface area contributed by atoms with Gasteiger partial charge in [0.25, 0.3) is 0 Å². The first kappa shape index (κ1) is 7.09. The molecule has 10 heavy (non-hydrogen) atoms. The maximum atomic E-state index is 5.66. The molecule has 0 unspecified atom stereocenters. The number of H-pyrrole nitrogens is 1. The van der Waals surface area contributed by atoms with Crippen LogP contribution in [0.3, 0.4) is 0 Å². The quantitative estimate of drug-likeness (QED) is 0.449. The van der Waals surface area contributed by atoms with Crippen LogP contribution in [0.25, 0.3) is 11.7 Å². The Morgan fingerprint density at radius 1 is 1.70 bits per heavy atom. The number of halogens is 1. The minimum atomic E-state index is 0.381. The summed E-state index contributed by atoms with van der Waals surface area (Å²) >= 11 is 5.66. The Bertz CT molecular complexity index is 337. The van der Waals surface area contributed by atoms with Crippen LogP contribution in [0.4, 0.5) is 0 Å². The zero-order valence-electron chi connectivity index (χ0n) is 5.39. The number of nitrogens with one attached hydrogen (secondary N) is 1. The zero-order valence-corrected chi connectivity index (χ0v) is 6.15. The second kappa shape index (κ2) is 2.71. The molecule has 0 saturated heterocycles. The van der Waals surface area contributed by atoms with E-state index < -0.39 is 0 Å². The van der Waals surface area contributed by atoms with E-state index in [1.165, 1.54) is 0 Å². The lowest BCUT2D eigenvalue weighted by Crippen LogP contribution is -2.21. The summed E-state index contributed by atoms with van der Waals surface area (Å²) in [4.78, 5) is 6.44.